The van der Waals surface area contributed by atoms with Gasteiger partial charge >= 0.3 is 12.0 Å². The van der Waals surface area contributed by atoms with Gasteiger partial charge in [-0.3, -0.25) is 4.79 Å². The van der Waals surface area contributed by atoms with Crippen molar-refractivity contribution in [2.24, 2.45) is 5.92 Å². The van der Waals surface area contributed by atoms with Crippen molar-refractivity contribution in [2.75, 3.05) is 0 Å². The zero-order chi connectivity index (χ0) is 13.0. The lowest BCUT2D eigenvalue weighted by molar-refractivity contribution is -0.140. The van der Waals surface area contributed by atoms with Crippen LogP contribution in [0, 0.1) is 5.92 Å². The zero-order valence-electron chi connectivity index (χ0n) is 9.50. The van der Waals surface area contributed by atoms with Crippen LogP contribution >= 0.6 is 11.3 Å². The Balaban J connectivity index is 1.72. The van der Waals surface area contributed by atoms with Gasteiger partial charge in [0.05, 0.1) is 29.7 Å². The first-order valence-electron chi connectivity index (χ1n) is 5.47. The van der Waals surface area contributed by atoms with E-state index in [2.05, 4.69) is 15.6 Å². The molecule has 0 saturated heterocycles. The van der Waals surface area contributed by atoms with Crippen LogP contribution in [0.3, 0.4) is 0 Å². The Bertz CT molecular complexity index is 458. The van der Waals surface area contributed by atoms with E-state index in [1.807, 2.05) is 5.38 Å². The number of carboxylic acid groups (broad SMARTS) is 1. The predicted octanol–water partition coefficient (Wildman–Crippen LogP) is 0.972. The van der Waals surface area contributed by atoms with Crippen LogP contribution in [0.5, 0.6) is 0 Å². The van der Waals surface area contributed by atoms with E-state index in [4.69, 9.17) is 5.11 Å². The van der Waals surface area contributed by atoms with E-state index in [0.717, 1.165) is 5.69 Å². The molecule has 18 heavy (non-hydrogen) atoms. The van der Waals surface area contributed by atoms with Crippen LogP contribution in [-0.4, -0.2) is 28.1 Å². The highest BCUT2D eigenvalue weighted by Crippen LogP contribution is 2.17. The van der Waals surface area contributed by atoms with E-state index in [1.54, 1.807) is 17.7 Å². The molecule has 7 heteroatoms. The van der Waals surface area contributed by atoms with Crippen LogP contribution in [0.25, 0.3) is 0 Å². The van der Waals surface area contributed by atoms with Crippen molar-refractivity contribution >= 4 is 23.3 Å². The van der Waals surface area contributed by atoms with E-state index < -0.39 is 11.9 Å². The summed E-state index contributed by atoms with van der Waals surface area (Å²) in [5, 5.41) is 16.0. The maximum atomic E-state index is 11.5. The first-order chi connectivity index (χ1) is 8.65. The van der Waals surface area contributed by atoms with Gasteiger partial charge < -0.3 is 15.7 Å². The smallest absolute Gasteiger partial charge is 0.315 e. The Morgan fingerprint density at radius 3 is 2.94 bits per heavy atom. The van der Waals surface area contributed by atoms with Crippen LogP contribution in [0.4, 0.5) is 4.79 Å². The first-order valence-corrected chi connectivity index (χ1v) is 6.42. The SMILES string of the molecule is O=C(NCc1cscn1)NC1C=CC(C(=O)O)C1. The number of thiazole rings is 1. The fourth-order valence-electron chi connectivity index (χ4n) is 1.70. The topological polar surface area (TPSA) is 91.3 Å². The van der Waals surface area contributed by atoms with Crippen molar-refractivity contribution in [3.63, 3.8) is 0 Å². The largest absolute Gasteiger partial charge is 0.481 e. The molecule has 2 atom stereocenters. The van der Waals surface area contributed by atoms with Gasteiger partial charge in [-0.2, -0.15) is 0 Å². The third-order valence-corrected chi connectivity index (χ3v) is 3.27. The summed E-state index contributed by atoms with van der Waals surface area (Å²) in [6, 6.07) is -0.537. The number of rotatable bonds is 4. The summed E-state index contributed by atoms with van der Waals surface area (Å²) in [6.45, 7) is 0.369. The van der Waals surface area contributed by atoms with Gasteiger partial charge in [-0.25, -0.2) is 9.78 Å². The maximum absolute atomic E-state index is 11.5. The molecular weight excluding hydrogens is 254 g/mol. The molecule has 0 saturated carbocycles. The van der Waals surface area contributed by atoms with Crippen LogP contribution in [-0.2, 0) is 11.3 Å². The van der Waals surface area contributed by atoms with E-state index in [1.165, 1.54) is 11.3 Å². The van der Waals surface area contributed by atoms with Crippen molar-refractivity contribution in [2.45, 2.75) is 19.0 Å². The zero-order valence-corrected chi connectivity index (χ0v) is 10.3. The van der Waals surface area contributed by atoms with Crippen LogP contribution in [0.15, 0.2) is 23.0 Å². The number of amides is 2. The molecule has 0 spiro atoms. The Morgan fingerprint density at radius 2 is 2.33 bits per heavy atom. The summed E-state index contributed by atoms with van der Waals surface area (Å²) < 4.78 is 0. The monoisotopic (exact) mass is 267 g/mol. The molecule has 0 aromatic carbocycles. The second kappa shape index (κ2) is 5.63. The number of hydrogen-bond donors (Lipinski definition) is 3. The van der Waals surface area contributed by atoms with E-state index >= 15 is 0 Å². The van der Waals surface area contributed by atoms with Crippen LogP contribution in [0.2, 0.25) is 0 Å². The lowest BCUT2D eigenvalue weighted by Gasteiger charge is -2.12. The maximum Gasteiger partial charge on any atom is 0.315 e. The predicted molar refractivity (Wildman–Crippen MR) is 66.2 cm³/mol. The number of aliphatic carboxylic acids is 1. The van der Waals surface area contributed by atoms with Crippen molar-refractivity contribution in [1.82, 2.24) is 15.6 Å². The fraction of sp³-hybridized carbons (Fsp3) is 0.364. The summed E-state index contributed by atoms with van der Waals surface area (Å²) in [5.74, 6) is -1.37. The van der Waals surface area contributed by atoms with E-state index in [-0.39, 0.29) is 12.1 Å². The van der Waals surface area contributed by atoms with Gasteiger partial charge in [0.2, 0.25) is 0 Å². The van der Waals surface area contributed by atoms with Gasteiger partial charge in [0.25, 0.3) is 0 Å². The summed E-state index contributed by atoms with van der Waals surface area (Å²) >= 11 is 1.47. The summed E-state index contributed by atoms with van der Waals surface area (Å²) in [7, 11) is 0. The number of nitrogens with zero attached hydrogens (tertiary/aromatic N) is 1. The van der Waals surface area contributed by atoms with Crippen LogP contribution in [0.1, 0.15) is 12.1 Å². The fourth-order valence-corrected chi connectivity index (χ4v) is 2.26. The number of nitrogens with one attached hydrogen (secondary N) is 2. The molecule has 1 aromatic rings. The van der Waals surface area contributed by atoms with Crippen LogP contribution < -0.4 is 10.6 Å². The molecule has 96 valence electrons. The average Bonchev–Trinajstić information content (AvgIpc) is 2.96. The molecule has 0 fully saturated rings. The standard InChI is InChI=1S/C11H13N3O3S/c15-10(16)7-1-2-8(3-7)14-11(17)12-4-9-5-18-6-13-9/h1-2,5-8H,3-4H2,(H,15,16)(H2,12,14,17). The molecule has 1 aliphatic rings. The first kappa shape index (κ1) is 12.6. The number of carboxylic acids is 1. The summed E-state index contributed by atoms with van der Waals surface area (Å²) in [4.78, 5) is 26.3. The molecule has 2 unspecified atom stereocenters. The number of hydrogen-bond acceptors (Lipinski definition) is 4. The second-order valence-electron chi connectivity index (χ2n) is 3.98. The third-order valence-electron chi connectivity index (χ3n) is 2.63. The number of carbonyl (C=O) groups is 2. The average molecular weight is 267 g/mol. The van der Waals surface area contributed by atoms with Crippen molar-refractivity contribution in [3.8, 4) is 0 Å². The highest BCUT2D eigenvalue weighted by molar-refractivity contribution is 7.07. The highest BCUT2D eigenvalue weighted by atomic mass is 32.1. The Morgan fingerprint density at radius 1 is 1.50 bits per heavy atom. The minimum Gasteiger partial charge on any atom is -0.481 e. The molecule has 2 amide bonds. The lowest BCUT2D eigenvalue weighted by Crippen LogP contribution is -2.40. The van der Waals surface area contributed by atoms with Gasteiger partial charge in [-0.1, -0.05) is 12.2 Å². The number of urea groups is 1. The Hall–Kier alpha value is -1.89. The molecule has 0 radical (unpaired) electrons. The normalized spacial score (nSPS) is 21.8. The molecule has 0 bridgehead atoms. The second-order valence-corrected chi connectivity index (χ2v) is 4.70. The molecule has 1 aliphatic carbocycles. The van der Waals surface area contributed by atoms with Gasteiger partial charge in [-0.05, 0) is 6.42 Å². The minimum atomic E-state index is -0.863. The van der Waals surface area contributed by atoms with E-state index in [9.17, 15) is 9.59 Å². The van der Waals surface area contributed by atoms with Gasteiger partial charge in [0.15, 0.2) is 0 Å². The molecule has 1 heterocycles. The van der Waals surface area contributed by atoms with Crippen molar-refractivity contribution < 1.29 is 14.7 Å². The molecule has 3 N–H and O–H groups in total. The lowest BCUT2D eigenvalue weighted by atomic mass is 10.1. The molecule has 1 aromatic heterocycles. The Labute approximate surface area is 108 Å². The molecule has 0 aliphatic heterocycles. The minimum absolute atomic E-state index is 0.221. The number of aromatic nitrogens is 1. The molecular formula is C11H13N3O3S. The van der Waals surface area contributed by atoms with Crippen molar-refractivity contribution in [3.05, 3.63) is 28.7 Å². The Kier molecular flexibility index (Phi) is 3.93. The van der Waals surface area contributed by atoms with Gasteiger partial charge in [0, 0.05) is 5.38 Å². The van der Waals surface area contributed by atoms with Crippen molar-refractivity contribution in [1.29, 1.82) is 0 Å². The van der Waals surface area contributed by atoms with Gasteiger partial charge in [0.1, 0.15) is 0 Å². The summed E-state index contributed by atoms with van der Waals surface area (Å²) in [5.41, 5.74) is 2.51. The quantitative estimate of drug-likeness (QED) is 0.709. The van der Waals surface area contributed by atoms with E-state index in [0.29, 0.717) is 13.0 Å². The summed E-state index contributed by atoms with van der Waals surface area (Å²) in [6.07, 6.45) is 3.72. The number of carbonyl (C=O) groups excluding carboxylic acids is 1. The molecule has 6 nitrogen and oxygen atoms in total. The molecule has 2 rings (SSSR count). The van der Waals surface area contributed by atoms with Gasteiger partial charge in [-0.15, -0.1) is 11.3 Å². The third kappa shape index (κ3) is 3.30. The highest BCUT2D eigenvalue weighted by Gasteiger charge is 2.25.